The molecule has 3 nitrogen and oxygen atoms in total. The van der Waals surface area contributed by atoms with Crippen molar-refractivity contribution >= 4 is 11.0 Å². The van der Waals surface area contributed by atoms with E-state index >= 15 is 0 Å². The molecule has 0 saturated heterocycles. The molecule has 2 aromatic heterocycles. The Kier molecular flexibility index (Phi) is 3.43. The first-order valence-electron chi connectivity index (χ1n) is 4.28. The quantitative estimate of drug-likeness (QED) is 0.680. The number of hydrogen-bond donors (Lipinski definition) is 0. The number of nitrogens with zero attached hydrogens (tertiary/aromatic N) is 3. The fraction of sp³-hybridized carbons (Fsp3) is 0.400. The summed E-state index contributed by atoms with van der Waals surface area (Å²) in [5.74, 6) is 0. The Bertz CT molecular complexity index is 428. The van der Waals surface area contributed by atoms with Gasteiger partial charge in [-0.2, -0.15) is 0 Å². The van der Waals surface area contributed by atoms with Gasteiger partial charge >= 0.3 is 0 Å². The Morgan fingerprint density at radius 2 is 2.07 bits per heavy atom. The van der Waals surface area contributed by atoms with E-state index in [-0.39, 0.29) is 38.2 Å². The third-order valence-corrected chi connectivity index (χ3v) is 2.01. The van der Waals surface area contributed by atoms with E-state index < -0.39 is 0 Å². The van der Waals surface area contributed by atoms with Gasteiger partial charge in [-0.05, 0) is 27.0 Å². The molecular formula is C10H12N3Y-. The second-order valence-electron chi connectivity index (χ2n) is 4.07. The summed E-state index contributed by atoms with van der Waals surface area (Å²) in [5.41, 5.74) is 1.98. The summed E-state index contributed by atoms with van der Waals surface area (Å²) < 4.78 is 2.13. The number of rotatable bonds is 0. The molecule has 4 heteroatoms. The minimum absolute atomic E-state index is 0. The maximum Gasteiger partial charge on any atom is 0.110 e. The first-order valence-corrected chi connectivity index (χ1v) is 4.28. The fourth-order valence-corrected chi connectivity index (χ4v) is 1.36. The van der Waals surface area contributed by atoms with Crippen molar-refractivity contribution in [2.24, 2.45) is 0 Å². The molecule has 0 N–H and O–H groups in total. The number of aromatic nitrogens is 3. The van der Waals surface area contributed by atoms with Crippen LogP contribution in [0.5, 0.6) is 0 Å². The summed E-state index contributed by atoms with van der Waals surface area (Å²) in [6.45, 7) is 6.44. The molecule has 0 aliphatic heterocycles. The zero-order chi connectivity index (χ0) is 9.47. The molecular weight excluding hydrogens is 251 g/mol. The molecule has 0 fully saturated rings. The van der Waals surface area contributed by atoms with Gasteiger partial charge in [0.05, 0.1) is 0 Å². The van der Waals surface area contributed by atoms with Gasteiger partial charge in [0.1, 0.15) is 6.33 Å². The van der Waals surface area contributed by atoms with E-state index in [4.69, 9.17) is 0 Å². The van der Waals surface area contributed by atoms with Crippen molar-refractivity contribution < 1.29 is 32.7 Å². The van der Waals surface area contributed by atoms with E-state index in [2.05, 4.69) is 41.4 Å². The molecule has 0 aliphatic carbocycles. The summed E-state index contributed by atoms with van der Waals surface area (Å²) in [4.78, 5) is 8.14. The first kappa shape index (κ1) is 11.8. The van der Waals surface area contributed by atoms with Crippen LogP contribution < -0.4 is 0 Å². The molecule has 2 heterocycles. The number of fused-ring (bicyclic) bond motifs is 1. The van der Waals surface area contributed by atoms with E-state index in [9.17, 15) is 0 Å². The zero-order valence-electron chi connectivity index (χ0n) is 8.65. The van der Waals surface area contributed by atoms with Gasteiger partial charge in [-0.1, -0.05) is 11.0 Å². The molecule has 2 rings (SSSR count). The Hall–Kier alpha value is -0.276. The van der Waals surface area contributed by atoms with Gasteiger partial charge in [0.15, 0.2) is 0 Å². The Balaban J connectivity index is 0.000000980. The van der Waals surface area contributed by atoms with Crippen molar-refractivity contribution in [3.8, 4) is 0 Å². The normalized spacial score (nSPS) is 11.4. The molecule has 71 valence electrons. The van der Waals surface area contributed by atoms with E-state index in [1.54, 1.807) is 6.33 Å². The maximum absolute atomic E-state index is 4.13. The predicted molar refractivity (Wildman–Crippen MR) is 51.4 cm³/mol. The fourth-order valence-electron chi connectivity index (χ4n) is 1.36. The van der Waals surface area contributed by atoms with Crippen LogP contribution >= 0.6 is 0 Å². The standard InChI is InChI=1S/C10H12N3.Y/c1-10(2,3)13-5-4-8-9(13)6-11-7-12-8;/h5-7H,1-3H3;/q-1;. The van der Waals surface area contributed by atoms with Gasteiger partial charge in [-0.25, -0.2) is 6.07 Å². The summed E-state index contributed by atoms with van der Waals surface area (Å²) in [6, 6.07) is 3.11. The van der Waals surface area contributed by atoms with Gasteiger partial charge in [-0.15, -0.1) is 6.20 Å². The smallest absolute Gasteiger partial charge is 0.110 e. The Morgan fingerprint density at radius 1 is 1.36 bits per heavy atom. The van der Waals surface area contributed by atoms with Crippen LogP contribution in [0.3, 0.4) is 0 Å². The van der Waals surface area contributed by atoms with Gasteiger partial charge in [-0.3, -0.25) is 9.97 Å². The molecule has 1 radical (unpaired) electrons. The Labute approximate surface area is 109 Å². The van der Waals surface area contributed by atoms with E-state index in [0.717, 1.165) is 11.0 Å². The van der Waals surface area contributed by atoms with E-state index in [1.165, 1.54) is 0 Å². The van der Waals surface area contributed by atoms with Crippen molar-refractivity contribution in [3.05, 3.63) is 24.8 Å². The molecule has 0 amide bonds. The minimum atomic E-state index is 0. The minimum Gasteiger partial charge on any atom is -0.434 e. The van der Waals surface area contributed by atoms with Crippen molar-refractivity contribution in [3.63, 3.8) is 0 Å². The third kappa shape index (κ3) is 2.04. The summed E-state index contributed by atoms with van der Waals surface area (Å²) >= 11 is 0. The van der Waals surface area contributed by atoms with Crippen LogP contribution in [0.2, 0.25) is 0 Å². The molecule has 0 bridgehead atoms. The predicted octanol–water partition coefficient (Wildman–Crippen LogP) is 1.98. The molecule has 14 heavy (non-hydrogen) atoms. The average molecular weight is 263 g/mol. The van der Waals surface area contributed by atoms with Crippen molar-refractivity contribution in [1.82, 2.24) is 14.5 Å². The average Bonchev–Trinajstić information content (AvgIpc) is 2.45. The van der Waals surface area contributed by atoms with Crippen molar-refractivity contribution in [2.45, 2.75) is 26.3 Å². The summed E-state index contributed by atoms with van der Waals surface area (Å²) in [6.07, 6.45) is 5.30. The molecule has 0 spiro atoms. The second-order valence-corrected chi connectivity index (χ2v) is 4.07. The molecule has 0 aromatic carbocycles. The first-order chi connectivity index (χ1) is 6.09. The van der Waals surface area contributed by atoms with E-state index in [1.807, 2.05) is 12.4 Å². The van der Waals surface area contributed by atoms with Crippen molar-refractivity contribution in [1.29, 1.82) is 0 Å². The second kappa shape index (κ2) is 4.07. The van der Waals surface area contributed by atoms with Crippen LogP contribution in [-0.4, -0.2) is 14.5 Å². The maximum atomic E-state index is 4.13. The molecule has 0 aliphatic rings. The van der Waals surface area contributed by atoms with Gasteiger partial charge < -0.3 is 4.57 Å². The van der Waals surface area contributed by atoms with Crippen molar-refractivity contribution in [2.75, 3.05) is 0 Å². The molecule has 0 unspecified atom stereocenters. The summed E-state index contributed by atoms with van der Waals surface area (Å²) in [5, 5.41) is 0. The van der Waals surface area contributed by atoms with Crippen LogP contribution in [-0.2, 0) is 38.2 Å². The molecule has 0 saturated carbocycles. The zero-order valence-corrected chi connectivity index (χ0v) is 11.5. The molecule has 2 aromatic rings. The topological polar surface area (TPSA) is 30.7 Å². The van der Waals surface area contributed by atoms with Crippen LogP contribution in [0.25, 0.3) is 11.0 Å². The van der Waals surface area contributed by atoms with Gasteiger partial charge in [0, 0.05) is 38.2 Å². The Morgan fingerprint density at radius 3 is 2.71 bits per heavy atom. The summed E-state index contributed by atoms with van der Waals surface area (Å²) in [7, 11) is 0. The largest absolute Gasteiger partial charge is 0.434 e. The number of hydrogen-bond acceptors (Lipinski definition) is 2. The van der Waals surface area contributed by atoms with Gasteiger partial charge in [0.25, 0.3) is 0 Å². The monoisotopic (exact) mass is 263 g/mol. The van der Waals surface area contributed by atoms with Crippen LogP contribution in [0.1, 0.15) is 20.8 Å². The molecule has 0 atom stereocenters. The van der Waals surface area contributed by atoms with Gasteiger partial charge in [0.2, 0.25) is 0 Å². The third-order valence-electron chi connectivity index (χ3n) is 2.01. The SMILES string of the molecule is CC(C)(C)n1c[c-]c2ncncc21.[Y]. The van der Waals surface area contributed by atoms with Crippen LogP contribution in [0, 0.1) is 6.07 Å². The van der Waals surface area contributed by atoms with E-state index in [0.29, 0.717) is 0 Å². The van der Waals surface area contributed by atoms with Crippen LogP contribution in [0.15, 0.2) is 18.7 Å². The van der Waals surface area contributed by atoms with Crippen LogP contribution in [0.4, 0.5) is 0 Å².